The highest BCUT2D eigenvalue weighted by Crippen LogP contribution is 2.18. The van der Waals surface area contributed by atoms with E-state index in [-0.39, 0.29) is 23.8 Å². The molecule has 0 spiro atoms. The Hall–Kier alpha value is -2.29. The second kappa shape index (κ2) is 8.60. The fourth-order valence-electron chi connectivity index (χ4n) is 2.66. The molecule has 0 fully saturated rings. The highest BCUT2D eigenvalue weighted by atomic mass is 32.2. The van der Waals surface area contributed by atoms with E-state index in [1.165, 1.54) is 0 Å². The summed E-state index contributed by atoms with van der Waals surface area (Å²) in [6, 6.07) is 12.5. The van der Waals surface area contributed by atoms with Crippen molar-refractivity contribution in [2.45, 2.75) is 24.7 Å². The van der Waals surface area contributed by atoms with E-state index in [0.29, 0.717) is 13.0 Å². The average Bonchev–Trinajstić information content (AvgIpc) is 3.06. The molecule has 0 saturated carbocycles. The number of hydrogen-bond acceptors (Lipinski definition) is 5. The molecule has 0 atom stereocenters. The van der Waals surface area contributed by atoms with E-state index in [0.717, 1.165) is 21.5 Å². The molecule has 0 unspecified atom stereocenters. The van der Waals surface area contributed by atoms with Gasteiger partial charge in [-0.15, -0.1) is 11.3 Å². The second-order valence-corrected chi connectivity index (χ2v) is 8.94. The van der Waals surface area contributed by atoms with Crippen molar-refractivity contribution in [1.29, 1.82) is 0 Å². The van der Waals surface area contributed by atoms with Crippen molar-refractivity contribution in [2.24, 2.45) is 0 Å². The predicted octanol–water partition coefficient (Wildman–Crippen LogP) is 2.63. The van der Waals surface area contributed by atoms with Gasteiger partial charge in [-0.3, -0.25) is 4.79 Å². The molecule has 142 valence electrons. The number of rotatable bonds is 8. The fourth-order valence-corrected chi connectivity index (χ4v) is 4.37. The van der Waals surface area contributed by atoms with Gasteiger partial charge in [0.05, 0.1) is 15.6 Å². The molecule has 2 aromatic carbocycles. The summed E-state index contributed by atoms with van der Waals surface area (Å²) in [5.41, 5.74) is 0.954. The summed E-state index contributed by atoms with van der Waals surface area (Å²) in [5, 5.41) is 7.59. The van der Waals surface area contributed by atoms with E-state index >= 15 is 0 Å². The highest BCUT2D eigenvalue weighted by molar-refractivity contribution is 7.89. The maximum atomic E-state index is 12.4. The van der Waals surface area contributed by atoms with Crippen LogP contribution >= 0.6 is 11.3 Å². The molecule has 0 aliphatic rings. The van der Waals surface area contributed by atoms with Gasteiger partial charge in [0.1, 0.15) is 0 Å². The molecule has 2 N–H and O–H groups in total. The first-order valence-electron chi connectivity index (χ1n) is 8.60. The summed E-state index contributed by atoms with van der Waals surface area (Å²) in [6.07, 6.45) is 0.752. The van der Waals surface area contributed by atoms with Crippen LogP contribution in [0, 0.1) is 6.92 Å². The van der Waals surface area contributed by atoms with Crippen LogP contribution in [0.5, 0.6) is 0 Å². The molecule has 1 heterocycles. The zero-order valence-corrected chi connectivity index (χ0v) is 16.6. The van der Waals surface area contributed by atoms with Gasteiger partial charge in [0.2, 0.25) is 15.9 Å². The Kier molecular flexibility index (Phi) is 6.20. The van der Waals surface area contributed by atoms with Gasteiger partial charge in [-0.05, 0) is 29.8 Å². The molecular formula is C19H21N3O3S2. The number of carbonyl (C=O) groups excluding carboxylic acids is 1. The molecule has 3 aromatic rings. The minimum absolute atomic E-state index is 0.0524. The summed E-state index contributed by atoms with van der Waals surface area (Å²) >= 11 is 1.58. The molecule has 8 heteroatoms. The SMILES string of the molecule is Cc1nc(CCNC(=O)CCNS(=O)(=O)c2ccc3ccccc3c2)cs1. The Labute approximate surface area is 162 Å². The van der Waals surface area contributed by atoms with Crippen molar-refractivity contribution in [3.63, 3.8) is 0 Å². The maximum Gasteiger partial charge on any atom is 0.240 e. The number of nitrogens with one attached hydrogen (secondary N) is 2. The van der Waals surface area contributed by atoms with Crippen molar-refractivity contribution >= 4 is 38.0 Å². The Morgan fingerprint density at radius 3 is 2.63 bits per heavy atom. The number of aryl methyl sites for hydroxylation is 1. The molecule has 0 saturated heterocycles. The van der Waals surface area contributed by atoms with Gasteiger partial charge >= 0.3 is 0 Å². The van der Waals surface area contributed by atoms with Crippen molar-refractivity contribution < 1.29 is 13.2 Å². The summed E-state index contributed by atoms with van der Waals surface area (Å²) in [6.45, 7) is 2.48. The molecular weight excluding hydrogens is 382 g/mol. The predicted molar refractivity (Wildman–Crippen MR) is 107 cm³/mol. The lowest BCUT2D eigenvalue weighted by Crippen LogP contribution is -2.31. The minimum atomic E-state index is -3.65. The first-order chi connectivity index (χ1) is 12.9. The average molecular weight is 404 g/mol. The van der Waals surface area contributed by atoms with Crippen LogP contribution in [0.25, 0.3) is 10.8 Å². The molecule has 6 nitrogen and oxygen atoms in total. The summed E-state index contributed by atoms with van der Waals surface area (Å²) in [7, 11) is -3.65. The monoisotopic (exact) mass is 403 g/mol. The number of nitrogens with zero attached hydrogens (tertiary/aromatic N) is 1. The van der Waals surface area contributed by atoms with E-state index in [1.807, 2.05) is 36.6 Å². The molecule has 3 rings (SSSR count). The van der Waals surface area contributed by atoms with Crippen LogP contribution in [-0.2, 0) is 21.2 Å². The Balaban J connectivity index is 1.47. The molecule has 0 radical (unpaired) electrons. The van der Waals surface area contributed by atoms with Gasteiger partial charge in [0.15, 0.2) is 0 Å². The topological polar surface area (TPSA) is 88.2 Å². The Bertz CT molecular complexity index is 1050. The van der Waals surface area contributed by atoms with Crippen LogP contribution < -0.4 is 10.0 Å². The standard InChI is InChI=1S/C19H21N3O3S2/c1-14-22-17(13-26-14)8-10-20-19(23)9-11-21-27(24,25)18-7-6-15-4-2-3-5-16(15)12-18/h2-7,12-13,21H,8-11H2,1H3,(H,20,23). The minimum Gasteiger partial charge on any atom is -0.356 e. The van der Waals surface area contributed by atoms with Crippen LogP contribution in [-0.4, -0.2) is 32.4 Å². The fraction of sp³-hybridized carbons (Fsp3) is 0.263. The van der Waals surface area contributed by atoms with Gasteiger partial charge < -0.3 is 5.32 Å². The largest absolute Gasteiger partial charge is 0.356 e. The van der Waals surface area contributed by atoms with E-state index in [4.69, 9.17) is 0 Å². The lowest BCUT2D eigenvalue weighted by Gasteiger charge is -2.08. The van der Waals surface area contributed by atoms with E-state index in [1.54, 1.807) is 29.5 Å². The van der Waals surface area contributed by atoms with Crippen LogP contribution in [0.1, 0.15) is 17.1 Å². The first-order valence-corrected chi connectivity index (χ1v) is 11.0. The van der Waals surface area contributed by atoms with Gasteiger partial charge in [0, 0.05) is 31.3 Å². The summed E-state index contributed by atoms with van der Waals surface area (Å²) < 4.78 is 27.3. The highest BCUT2D eigenvalue weighted by Gasteiger charge is 2.14. The van der Waals surface area contributed by atoms with Crippen LogP contribution in [0.3, 0.4) is 0 Å². The third kappa shape index (κ3) is 5.35. The second-order valence-electron chi connectivity index (χ2n) is 6.11. The van der Waals surface area contributed by atoms with Gasteiger partial charge in [-0.2, -0.15) is 0 Å². The van der Waals surface area contributed by atoms with Gasteiger partial charge in [0.25, 0.3) is 0 Å². The number of amides is 1. The van der Waals surface area contributed by atoms with Crippen molar-refractivity contribution in [2.75, 3.05) is 13.1 Å². The number of sulfonamides is 1. The van der Waals surface area contributed by atoms with Crippen LogP contribution in [0.4, 0.5) is 0 Å². The molecule has 27 heavy (non-hydrogen) atoms. The van der Waals surface area contributed by atoms with E-state index < -0.39 is 10.0 Å². The number of hydrogen-bond donors (Lipinski definition) is 2. The van der Waals surface area contributed by atoms with E-state index in [9.17, 15) is 13.2 Å². The van der Waals surface area contributed by atoms with Crippen LogP contribution in [0.2, 0.25) is 0 Å². The lowest BCUT2D eigenvalue weighted by atomic mass is 10.1. The molecule has 1 aromatic heterocycles. The third-order valence-electron chi connectivity index (χ3n) is 4.05. The lowest BCUT2D eigenvalue weighted by molar-refractivity contribution is -0.120. The quantitative estimate of drug-likeness (QED) is 0.605. The summed E-state index contributed by atoms with van der Waals surface area (Å²) in [4.78, 5) is 16.4. The Morgan fingerprint density at radius 2 is 1.89 bits per heavy atom. The zero-order valence-electron chi connectivity index (χ0n) is 14.9. The molecule has 0 bridgehead atoms. The molecule has 0 aliphatic carbocycles. The smallest absolute Gasteiger partial charge is 0.240 e. The third-order valence-corrected chi connectivity index (χ3v) is 6.33. The van der Waals surface area contributed by atoms with Crippen molar-refractivity contribution in [3.8, 4) is 0 Å². The van der Waals surface area contributed by atoms with Gasteiger partial charge in [-0.1, -0.05) is 30.3 Å². The van der Waals surface area contributed by atoms with Crippen molar-refractivity contribution in [1.82, 2.24) is 15.0 Å². The number of carbonyl (C=O) groups is 1. The van der Waals surface area contributed by atoms with E-state index in [2.05, 4.69) is 15.0 Å². The van der Waals surface area contributed by atoms with Gasteiger partial charge in [-0.25, -0.2) is 18.1 Å². The number of thiazole rings is 1. The first kappa shape index (κ1) is 19.5. The number of aromatic nitrogens is 1. The number of fused-ring (bicyclic) bond motifs is 1. The van der Waals surface area contributed by atoms with Crippen molar-refractivity contribution in [3.05, 3.63) is 58.5 Å². The Morgan fingerprint density at radius 1 is 1.11 bits per heavy atom. The zero-order chi connectivity index (χ0) is 19.3. The number of benzene rings is 2. The summed E-state index contributed by atoms with van der Waals surface area (Å²) in [5.74, 6) is -0.192. The normalized spacial score (nSPS) is 11.6. The van der Waals surface area contributed by atoms with Crippen LogP contribution in [0.15, 0.2) is 52.7 Å². The maximum absolute atomic E-state index is 12.4. The molecule has 0 aliphatic heterocycles. The molecule has 1 amide bonds.